The van der Waals surface area contributed by atoms with Gasteiger partial charge in [-0.2, -0.15) is 5.26 Å². The molecule has 5 heterocycles. The van der Waals surface area contributed by atoms with Crippen LogP contribution in [-0.4, -0.2) is 90.8 Å². The zero-order valence-corrected chi connectivity index (χ0v) is 21.0. The van der Waals surface area contributed by atoms with Gasteiger partial charge < -0.3 is 15.1 Å². The fourth-order valence-electron chi connectivity index (χ4n) is 6.21. The summed E-state index contributed by atoms with van der Waals surface area (Å²) in [5.74, 6) is 0. The Morgan fingerprint density at radius 3 is 2.78 bits per heavy atom. The van der Waals surface area contributed by atoms with Crippen molar-refractivity contribution in [2.24, 2.45) is 0 Å². The van der Waals surface area contributed by atoms with Crippen molar-refractivity contribution < 1.29 is 0 Å². The predicted octanol–water partition coefficient (Wildman–Crippen LogP) is 2.31. The van der Waals surface area contributed by atoms with Gasteiger partial charge in [0.1, 0.15) is 6.07 Å². The van der Waals surface area contributed by atoms with E-state index in [2.05, 4.69) is 66.1 Å². The molecule has 3 saturated heterocycles. The Bertz CT molecular complexity index is 1260. The van der Waals surface area contributed by atoms with Crippen LogP contribution in [0.2, 0.25) is 0 Å². The molecule has 0 saturated carbocycles. The number of aromatic nitrogens is 2. The summed E-state index contributed by atoms with van der Waals surface area (Å²) in [6.07, 6.45) is 5.81. The monoisotopic (exact) mass is 482 g/mol. The number of piperazine rings is 3. The van der Waals surface area contributed by atoms with Crippen LogP contribution in [0.5, 0.6) is 0 Å². The van der Waals surface area contributed by atoms with Crippen molar-refractivity contribution in [3.8, 4) is 6.07 Å². The van der Waals surface area contributed by atoms with Crippen LogP contribution in [0.4, 0.5) is 11.4 Å². The summed E-state index contributed by atoms with van der Waals surface area (Å²) in [6, 6.07) is 13.7. The summed E-state index contributed by atoms with van der Waals surface area (Å²) < 4.78 is 0. The molecule has 0 amide bonds. The van der Waals surface area contributed by atoms with E-state index in [0.29, 0.717) is 17.6 Å². The van der Waals surface area contributed by atoms with Crippen LogP contribution in [0.3, 0.4) is 0 Å². The van der Waals surface area contributed by atoms with Gasteiger partial charge in [-0.25, -0.2) is 0 Å². The molecule has 2 atom stereocenters. The third-order valence-electron chi connectivity index (χ3n) is 7.97. The van der Waals surface area contributed by atoms with Crippen LogP contribution < -0.4 is 15.1 Å². The number of pyridine rings is 2. The van der Waals surface area contributed by atoms with Gasteiger partial charge in [-0.1, -0.05) is 0 Å². The van der Waals surface area contributed by atoms with Crippen LogP contribution in [0.15, 0.2) is 48.9 Å². The molecule has 8 heteroatoms. The maximum Gasteiger partial charge on any atom is 0.101 e. The standard InChI is InChI=1S/C28H34N8/c1-21-17-35(27-5-4-23(14-29)28-26(27)3-2-6-32-28)20-25-19-33(11-12-36(21)25)18-22-13-24(16-31-15-22)34-9-7-30-8-10-34/h2-6,13,15-16,21,25,30H,7-12,17-20H2,1H3/t21-,25+/m1/s1. The number of hydrogen-bond acceptors (Lipinski definition) is 8. The number of nitrogens with one attached hydrogen (secondary N) is 1. The molecule has 186 valence electrons. The third-order valence-corrected chi connectivity index (χ3v) is 7.97. The molecule has 0 unspecified atom stereocenters. The van der Waals surface area contributed by atoms with Crippen molar-refractivity contribution in [1.29, 1.82) is 5.26 Å². The quantitative estimate of drug-likeness (QED) is 0.607. The SMILES string of the molecule is C[C@@H]1CN(c2ccc(C#N)c3ncccc23)C[C@@H]2CN(Cc3cncc(N4CCNCC4)c3)CCN21. The molecule has 2 aromatic heterocycles. The molecule has 0 bridgehead atoms. The van der Waals surface area contributed by atoms with Crippen LogP contribution in [0, 0.1) is 11.3 Å². The van der Waals surface area contributed by atoms with E-state index in [1.165, 1.54) is 16.9 Å². The van der Waals surface area contributed by atoms with E-state index in [1.54, 1.807) is 6.20 Å². The molecule has 3 aliphatic rings. The maximum atomic E-state index is 9.55. The lowest BCUT2D eigenvalue weighted by Gasteiger charge is -2.51. The lowest BCUT2D eigenvalue weighted by Crippen LogP contribution is -2.65. The van der Waals surface area contributed by atoms with E-state index in [-0.39, 0.29) is 0 Å². The fourth-order valence-corrected chi connectivity index (χ4v) is 6.21. The van der Waals surface area contributed by atoms with E-state index < -0.39 is 0 Å². The Labute approximate surface area is 213 Å². The minimum atomic E-state index is 0.467. The zero-order valence-electron chi connectivity index (χ0n) is 21.0. The number of anilines is 2. The second-order valence-corrected chi connectivity index (χ2v) is 10.3. The van der Waals surface area contributed by atoms with Crippen LogP contribution >= 0.6 is 0 Å². The molecular weight excluding hydrogens is 448 g/mol. The van der Waals surface area contributed by atoms with Crippen LogP contribution in [0.1, 0.15) is 18.1 Å². The summed E-state index contributed by atoms with van der Waals surface area (Å²) in [4.78, 5) is 19.3. The highest BCUT2D eigenvalue weighted by Crippen LogP contribution is 2.32. The molecule has 1 aromatic carbocycles. The average molecular weight is 483 g/mol. The highest BCUT2D eigenvalue weighted by atomic mass is 15.4. The number of nitriles is 1. The van der Waals surface area contributed by atoms with Crippen molar-refractivity contribution in [3.05, 3.63) is 60.0 Å². The first-order valence-corrected chi connectivity index (χ1v) is 13.1. The molecule has 3 fully saturated rings. The van der Waals surface area contributed by atoms with Gasteiger partial charge in [-0.15, -0.1) is 0 Å². The van der Waals surface area contributed by atoms with Gasteiger partial charge in [-0.05, 0) is 42.8 Å². The molecule has 0 spiro atoms. The second-order valence-electron chi connectivity index (χ2n) is 10.3. The Morgan fingerprint density at radius 2 is 1.92 bits per heavy atom. The zero-order chi connectivity index (χ0) is 24.5. The van der Waals surface area contributed by atoms with Crippen molar-refractivity contribution in [1.82, 2.24) is 25.1 Å². The van der Waals surface area contributed by atoms with E-state index >= 15 is 0 Å². The Kier molecular flexibility index (Phi) is 6.45. The minimum absolute atomic E-state index is 0.467. The smallest absolute Gasteiger partial charge is 0.101 e. The van der Waals surface area contributed by atoms with Gasteiger partial charge in [0.25, 0.3) is 0 Å². The normalized spacial score (nSPS) is 23.4. The van der Waals surface area contributed by atoms with E-state index in [4.69, 9.17) is 0 Å². The van der Waals surface area contributed by atoms with Gasteiger partial charge in [-0.3, -0.25) is 19.8 Å². The molecule has 36 heavy (non-hydrogen) atoms. The first kappa shape index (κ1) is 23.2. The highest BCUT2D eigenvalue weighted by molar-refractivity contribution is 5.95. The largest absolute Gasteiger partial charge is 0.368 e. The predicted molar refractivity (Wildman–Crippen MR) is 143 cm³/mol. The molecule has 6 rings (SSSR count). The molecule has 3 aliphatic heterocycles. The van der Waals surface area contributed by atoms with Crippen LogP contribution in [-0.2, 0) is 6.54 Å². The fraction of sp³-hybridized carbons (Fsp3) is 0.464. The summed E-state index contributed by atoms with van der Waals surface area (Å²) in [5, 5.41) is 14.0. The number of fused-ring (bicyclic) bond motifs is 2. The molecule has 3 aromatic rings. The van der Waals surface area contributed by atoms with Gasteiger partial charge >= 0.3 is 0 Å². The lowest BCUT2D eigenvalue weighted by atomic mass is 10.0. The summed E-state index contributed by atoms with van der Waals surface area (Å²) in [5.41, 5.74) is 5.17. The average Bonchev–Trinajstić information content (AvgIpc) is 2.93. The van der Waals surface area contributed by atoms with Crippen molar-refractivity contribution in [2.75, 3.05) is 68.7 Å². The van der Waals surface area contributed by atoms with Gasteiger partial charge in [0.05, 0.1) is 23.0 Å². The number of rotatable bonds is 4. The Hall–Kier alpha value is -3.25. The number of hydrogen-bond donors (Lipinski definition) is 1. The first-order chi connectivity index (χ1) is 17.7. The molecule has 8 nitrogen and oxygen atoms in total. The van der Waals surface area contributed by atoms with Crippen molar-refractivity contribution in [2.45, 2.75) is 25.6 Å². The Balaban J connectivity index is 1.18. The van der Waals surface area contributed by atoms with Gasteiger partial charge in [0, 0.05) is 101 Å². The van der Waals surface area contributed by atoms with E-state index in [9.17, 15) is 5.26 Å². The number of nitrogens with zero attached hydrogens (tertiary/aromatic N) is 7. The molecule has 1 N–H and O–H groups in total. The van der Waals surface area contributed by atoms with Crippen molar-refractivity contribution >= 4 is 22.3 Å². The topological polar surface area (TPSA) is 74.6 Å². The molecule has 0 aliphatic carbocycles. The summed E-state index contributed by atoms with van der Waals surface area (Å²) >= 11 is 0. The summed E-state index contributed by atoms with van der Waals surface area (Å²) in [7, 11) is 0. The third kappa shape index (κ3) is 4.50. The number of benzene rings is 1. The Morgan fingerprint density at radius 1 is 1.03 bits per heavy atom. The summed E-state index contributed by atoms with van der Waals surface area (Å²) in [6.45, 7) is 12.6. The molecular formula is C28H34N8. The molecule has 0 radical (unpaired) electrons. The van der Waals surface area contributed by atoms with E-state index in [1.807, 2.05) is 24.5 Å². The lowest BCUT2D eigenvalue weighted by molar-refractivity contribution is 0.0317. The van der Waals surface area contributed by atoms with Crippen molar-refractivity contribution in [3.63, 3.8) is 0 Å². The van der Waals surface area contributed by atoms with E-state index in [0.717, 1.165) is 76.4 Å². The van der Waals surface area contributed by atoms with Crippen LogP contribution in [0.25, 0.3) is 10.9 Å². The van der Waals surface area contributed by atoms with Gasteiger partial charge in [0.15, 0.2) is 0 Å². The van der Waals surface area contributed by atoms with Gasteiger partial charge in [0.2, 0.25) is 0 Å². The highest BCUT2D eigenvalue weighted by Gasteiger charge is 2.36. The maximum absolute atomic E-state index is 9.55. The first-order valence-electron chi connectivity index (χ1n) is 13.1. The second kappa shape index (κ2) is 10.0. The minimum Gasteiger partial charge on any atom is -0.368 e.